The van der Waals surface area contributed by atoms with E-state index in [2.05, 4.69) is 31.0 Å². The van der Waals surface area contributed by atoms with Gasteiger partial charge in [0.15, 0.2) is 0 Å². The molecule has 0 saturated heterocycles. The Morgan fingerprint density at radius 2 is 2.00 bits per heavy atom. The van der Waals surface area contributed by atoms with Crippen molar-refractivity contribution >= 4 is 37.5 Å². The molecule has 0 saturated carbocycles. The SMILES string of the molecule is CCNc1ccc(S(=O)(=O)Nc2ccc(Br)c(C)c2)cn1. The summed E-state index contributed by atoms with van der Waals surface area (Å²) < 4.78 is 28.0. The van der Waals surface area contributed by atoms with E-state index in [0.29, 0.717) is 11.5 Å². The van der Waals surface area contributed by atoms with Crippen molar-refractivity contribution in [1.29, 1.82) is 0 Å². The molecule has 0 spiro atoms. The second-order valence-electron chi connectivity index (χ2n) is 4.48. The molecule has 0 amide bonds. The third-order valence-corrected chi connectivity index (χ3v) is 5.07. The molecule has 0 aliphatic heterocycles. The lowest BCUT2D eigenvalue weighted by atomic mass is 10.2. The summed E-state index contributed by atoms with van der Waals surface area (Å²) in [7, 11) is -3.63. The highest BCUT2D eigenvalue weighted by Gasteiger charge is 2.15. The maximum Gasteiger partial charge on any atom is 0.263 e. The molecule has 0 aliphatic carbocycles. The number of rotatable bonds is 5. The van der Waals surface area contributed by atoms with Crippen LogP contribution in [-0.2, 0) is 10.0 Å². The van der Waals surface area contributed by atoms with Gasteiger partial charge in [-0.05, 0) is 49.7 Å². The molecule has 0 radical (unpaired) electrons. The number of aromatic nitrogens is 1. The van der Waals surface area contributed by atoms with Crippen LogP contribution in [-0.4, -0.2) is 19.9 Å². The molecule has 1 aromatic carbocycles. The summed E-state index contributed by atoms with van der Waals surface area (Å²) in [6, 6.07) is 8.45. The van der Waals surface area contributed by atoms with Gasteiger partial charge in [0.1, 0.15) is 10.7 Å². The second kappa shape index (κ2) is 6.44. The van der Waals surface area contributed by atoms with Gasteiger partial charge in [0, 0.05) is 22.9 Å². The Bertz CT molecular complexity index is 730. The fourth-order valence-electron chi connectivity index (χ4n) is 1.75. The second-order valence-corrected chi connectivity index (χ2v) is 7.02. The summed E-state index contributed by atoms with van der Waals surface area (Å²) in [4.78, 5) is 4.20. The van der Waals surface area contributed by atoms with Gasteiger partial charge in [-0.1, -0.05) is 15.9 Å². The fraction of sp³-hybridized carbons (Fsp3) is 0.214. The number of aryl methyl sites for hydroxylation is 1. The lowest BCUT2D eigenvalue weighted by Crippen LogP contribution is -2.13. The third-order valence-electron chi connectivity index (χ3n) is 2.81. The summed E-state index contributed by atoms with van der Waals surface area (Å²) in [5.41, 5.74) is 1.47. The van der Waals surface area contributed by atoms with Crippen LogP contribution in [0.4, 0.5) is 11.5 Å². The van der Waals surface area contributed by atoms with Gasteiger partial charge in [-0.15, -0.1) is 0 Å². The quantitative estimate of drug-likeness (QED) is 0.847. The zero-order chi connectivity index (χ0) is 15.5. The van der Waals surface area contributed by atoms with E-state index in [-0.39, 0.29) is 4.90 Å². The van der Waals surface area contributed by atoms with Crippen LogP contribution in [0.5, 0.6) is 0 Å². The molecule has 1 heterocycles. The van der Waals surface area contributed by atoms with Crippen LogP contribution < -0.4 is 10.0 Å². The predicted molar refractivity (Wildman–Crippen MR) is 88.1 cm³/mol. The van der Waals surface area contributed by atoms with Crippen molar-refractivity contribution in [2.75, 3.05) is 16.6 Å². The Kier molecular flexibility index (Phi) is 4.84. The third kappa shape index (κ3) is 3.95. The maximum absolute atomic E-state index is 12.3. The van der Waals surface area contributed by atoms with Gasteiger partial charge in [0.05, 0.1) is 0 Å². The van der Waals surface area contributed by atoms with Crippen LogP contribution in [0, 0.1) is 6.92 Å². The largest absolute Gasteiger partial charge is 0.370 e. The zero-order valence-electron chi connectivity index (χ0n) is 11.7. The Morgan fingerprint density at radius 1 is 1.24 bits per heavy atom. The molecule has 112 valence electrons. The van der Waals surface area contributed by atoms with Gasteiger partial charge in [0.25, 0.3) is 10.0 Å². The van der Waals surface area contributed by atoms with E-state index in [1.54, 1.807) is 24.3 Å². The number of hydrogen-bond acceptors (Lipinski definition) is 4. The molecule has 7 heteroatoms. The highest BCUT2D eigenvalue weighted by molar-refractivity contribution is 9.10. The first-order valence-corrected chi connectivity index (χ1v) is 8.69. The van der Waals surface area contributed by atoms with Gasteiger partial charge in [-0.3, -0.25) is 4.72 Å². The molecular formula is C14H16BrN3O2S. The van der Waals surface area contributed by atoms with E-state index < -0.39 is 10.0 Å². The average Bonchev–Trinajstić information content (AvgIpc) is 2.44. The number of hydrogen-bond donors (Lipinski definition) is 2. The first-order chi connectivity index (χ1) is 9.92. The molecule has 5 nitrogen and oxygen atoms in total. The van der Waals surface area contributed by atoms with Crippen molar-refractivity contribution in [3.63, 3.8) is 0 Å². The summed E-state index contributed by atoms with van der Waals surface area (Å²) in [6.45, 7) is 4.58. The van der Waals surface area contributed by atoms with Crippen molar-refractivity contribution < 1.29 is 8.42 Å². The lowest BCUT2D eigenvalue weighted by molar-refractivity contribution is 0.601. The van der Waals surface area contributed by atoms with Crippen LogP contribution in [0.2, 0.25) is 0 Å². The van der Waals surface area contributed by atoms with Gasteiger partial charge in [0.2, 0.25) is 0 Å². The van der Waals surface area contributed by atoms with Gasteiger partial charge >= 0.3 is 0 Å². The average molecular weight is 370 g/mol. The molecule has 21 heavy (non-hydrogen) atoms. The Labute approximate surface area is 133 Å². The van der Waals surface area contributed by atoms with Crippen LogP contribution in [0.3, 0.4) is 0 Å². The van der Waals surface area contributed by atoms with E-state index >= 15 is 0 Å². The summed E-state index contributed by atoms with van der Waals surface area (Å²) >= 11 is 3.38. The van der Waals surface area contributed by atoms with Crippen LogP contribution in [0.25, 0.3) is 0 Å². The van der Waals surface area contributed by atoms with Crippen molar-refractivity contribution in [2.45, 2.75) is 18.7 Å². The molecule has 0 bridgehead atoms. The Balaban J connectivity index is 2.23. The Morgan fingerprint density at radius 3 is 2.57 bits per heavy atom. The van der Waals surface area contributed by atoms with Crippen LogP contribution in [0.15, 0.2) is 45.9 Å². The van der Waals surface area contributed by atoms with Crippen LogP contribution >= 0.6 is 15.9 Å². The number of anilines is 2. The standard InChI is InChI=1S/C14H16BrN3O2S/c1-3-16-14-7-5-12(9-17-14)21(19,20)18-11-4-6-13(15)10(2)8-11/h4-9,18H,3H2,1-2H3,(H,16,17). The zero-order valence-corrected chi connectivity index (χ0v) is 14.1. The molecule has 0 fully saturated rings. The van der Waals surface area contributed by atoms with Crippen molar-refractivity contribution in [3.05, 3.63) is 46.6 Å². The van der Waals surface area contributed by atoms with Gasteiger partial charge < -0.3 is 5.32 Å². The van der Waals surface area contributed by atoms with E-state index in [0.717, 1.165) is 16.6 Å². The molecule has 2 rings (SSSR count). The summed E-state index contributed by atoms with van der Waals surface area (Å²) in [6.07, 6.45) is 1.34. The van der Waals surface area contributed by atoms with Crippen LogP contribution in [0.1, 0.15) is 12.5 Å². The van der Waals surface area contributed by atoms with Gasteiger partial charge in [-0.25, -0.2) is 13.4 Å². The fourth-order valence-corrected chi connectivity index (χ4v) is 2.99. The predicted octanol–water partition coefficient (Wildman–Crippen LogP) is 3.39. The molecule has 0 aliphatic rings. The monoisotopic (exact) mass is 369 g/mol. The molecule has 2 N–H and O–H groups in total. The smallest absolute Gasteiger partial charge is 0.263 e. The normalized spacial score (nSPS) is 11.2. The number of nitrogens with one attached hydrogen (secondary N) is 2. The number of sulfonamides is 1. The topological polar surface area (TPSA) is 71.1 Å². The first kappa shape index (κ1) is 15.8. The highest BCUT2D eigenvalue weighted by Crippen LogP contribution is 2.22. The first-order valence-electron chi connectivity index (χ1n) is 6.41. The lowest BCUT2D eigenvalue weighted by Gasteiger charge is -2.10. The summed E-state index contributed by atoms with van der Waals surface area (Å²) in [5, 5.41) is 3.02. The minimum atomic E-state index is -3.63. The number of pyridine rings is 1. The van der Waals surface area contributed by atoms with E-state index in [1.807, 2.05) is 13.8 Å². The summed E-state index contributed by atoms with van der Waals surface area (Å²) in [5.74, 6) is 0.649. The number of halogens is 1. The maximum atomic E-state index is 12.3. The van der Waals surface area contributed by atoms with Crippen molar-refractivity contribution in [1.82, 2.24) is 4.98 Å². The van der Waals surface area contributed by atoms with E-state index in [4.69, 9.17) is 0 Å². The number of nitrogens with zero attached hydrogens (tertiary/aromatic N) is 1. The van der Waals surface area contributed by atoms with E-state index in [1.165, 1.54) is 12.3 Å². The van der Waals surface area contributed by atoms with E-state index in [9.17, 15) is 8.42 Å². The molecule has 0 atom stereocenters. The molecule has 0 unspecified atom stereocenters. The van der Waals surface area contributed by atoms with Gasteiger partial charge in [-0.2, -0.15) is 0 Å². The Hall–Kier alpha value is -1.60. The minimum Gasteiger partial charge on any atom is -0.370 e. The number of benzene rings is 1. The molecular weight excluding hydrogens is 354 g/mol. The minimum absolute atomic E-state index is 0.129. The van der Waals surface area contributed by atoms with Crippen molar-refractivity contribution in [2.24, 2.45) is 0 Å². The molecule has 1 aromatic heterocycles. The molecule has 2 aromatic rings. The highest BCUT2D eigenvalue weighted by atomic mass is 79.9. The van der Waals surface area contributed by atoms with Crippen molar-refractivity contribution in [3.8, 4) is 0 Å².